The minimum absolute atomic E-state index is 0.464. The number of thiophene rings is 1. The van der Waals surface area contributed by atoms with Crippen molar-refractivity contribution in [1.29, 1.82) is 0 Å². The van der Waals surface area contributed by atoms with Crippen LogP contribution >= 0.6 is 11.3 Å². The third-order valence-corrected chi connectivity index (χ3v) is 3.62. The van der Waals surface area contributed by atoms with E-state index < -0.39 is 0 Å². The fourth-order valence-corrected chi connectivity index (χ4v) is 2.49. The summed E-state index contributed by atoms with van der Waals surface area (Å²) in [5, 5.41) is 4.04. The molecule has 0 aliphatic rings. The van der Waals surface area contributed by atoms with Crippen molar-refractivity contribution in [2.45, 2.75) is 0 Å². The molecule has 18 heavy (non-hydrogen) atoms. The number of pyridine rings is 1. The first-order valence-electron chi connectivity index (χ1n) is 5.39. The highest BCUT2D eigenvalue weighted by molar-refractivity contribution is 7.14. The molecule has 0 aromatic carbocycles. The maximum atomic E-state index is 5.66. The van der Waals surface area contributed by atoms with Crippen LogP contribution in [0.25, 0.3) is 10.9 Å². The van der Waals surface area contributed by atoms with Crippen LogP contribution in [0.1, 0.15) is 0 Å². The second-order valence-electron chi connectivity index (χ2n) is 3.83. The van der Waals surface area contributed by atoms with E-state index in [1.165, 1.54) is 0 Å². The summed E-state index contributed by atoms with van der Waals surface area (Å²) in [5.41, 5.74) is 6.46. The Balaban J connectivity index is 2.17. The Labute approximate surface area is 108 Å². The molecule has 0 atom stereocenters. The zero-order chi connectivity index (χ0) is 12.5. The summed E-state index contributed by atoms with van der Waals surface area (Å²) >= 11 is 1.66. The minimum Gasteiger partial charge on any atom is -0.384 e. The Kier molecular flexibility index (Phi) is 2.56. The van der Waals surface area contributed by atoms with Crippen molar-refractivity contribution >= 4 is 38.9 Å². The molecular weight excluding hydrogens is 246 g/mol. The predicted molar refractivity (Wildman–Crippen MR) is 74.1 cm³/mol. The van der Waals surface area contributed by atoms with Crippen LogP contribution in [0, 0.1) is 0 Å². The van der Waals surface area contributed by atoms with Gasteiger partial charge in [-0.1, -0.05) is 0 Å². The lowest BCUT2D eigenvalue weighted by Crippen LogP contribution is -2.10. The average molecular weight is 257 g/mol. The molecule has 0 aliphatic heterocycles. The van der Waals surface area contributed by atoms with Gasteiger partial charge < -0.3 is 10.6 Å². The molecule has 3 rings (SSSR count). The van der Waals surface area contributed by atoms with Crippen molar-refractivity contribution in [1.82, 2.24) is 15.0 Å². The van der Waals surface area contributed by atoms with Crippen LogP contribution in [0.15, 0.2) is 36.1 Å². The molecule has 0 radical (unpaired) electrons. The highest BCUT2D eigenvalue weighted by Crippen LogP contribution is 2.30. The van der Waals surface area contributed by atoms with Gasteiger partial charge in [-0.2, -0.15) is 0 Å². The van der Waals surface area contributed by atoms with Gasteiger partial charge in [0.1, 0.15) is 18.0 Å². The molecule has 0 amide bonds. The summed E-state index contributed by atoms with van der Waals surface area (Å²) in [4.78, 5) is 14.7. The second kappa shape index (κ2) is 4.23. The first-order valence-corrected chi connectivity index (χ1v) is 6.27. The van der Waals surface area contributed by atoms with E-state index in [0.717, 1.165) is 21.7 Å². The summed E-state index contributed by atoms with van der Waals surface area (Å²) in [5.74, 6) is 1.29. The van der Waals surface area contributed by atoms with E-state index >= 15 is 0 Å². The molecule has 3 aromatic heterocycles. The summed E-state index contributed by atoms with van der Waals surface area (Å²) in [6, 6.07) is 5.81. The smallest absolute Gasteiger partial charge is 0.146 e. The number of nitrogens with zero attached hydrogens (tertiary/aromatic N) is 4. The maximum Gasteiger partial charge on any atom is 0.146 e. The monoisotopic (exact) mass is 257 g/mol. The van der Waals surface area contributed by atoms with Crippen LogP contribution < -0.4 is 10.6 Å². The quantitative estimate of drug-likeness (QED) is 0.763. The fourth-order valence-electron chi connectivity index (χ4n) is 1.79. The van der Waals surface area contributed by atoms with Gasteiger partial charge in [0.15, 0.2) is 0 Å². The molecule has 0 spiro atoms. The van der Waals surface area contributed by atoms with Crippen LogP contribution in [0.3, 0.4) is 0 Å². The number of nitrogen functional groups attached to an aromatic ring is 1. The van der Waals surface area contributed by atoms with Crippen molar-refractivity contribution < 1.29 is 0 Å². The van der Waals surface area contributed by atoms with Gasteiger partial charge in [0.2, 0.25) is 0 Å². The second-order valence-corrected chi connectivity index (χ2v) is 4.76. The SMILES string of the molecule is CN(c1cccs1)c1ncnc2cc(N)ncc12. The number of nitrogens with two attached hydrogens (primary N) is 1. The predicted octanol–water partition coefficient (Wildman–Crippen LogP) is 2.44. The van der Waals surface area contributed by atoms with Crippen molar-refractivity contribution in [2.24, 2.45) is 0 Å². The summed E-state index contributed by atoms with van der Waals surface area (Å²) in [6.45, 7) is 0. The van der Waals surface area contributed by atoms with E-state index in [0.29, 0.717) is 5.82 Å². The Morgan fingerprint density at radius 1 is 1.28 bits per heavy atom. The number of anilines is 3. The zero-order valence-corrected chi connectivity index (χ0v) is 10.6. The number of aromatic nitrogens is 3. The van der Waals surface area contributed by atoms with Gasteiger partial charge in [-0.05, 0) is 17.5 Å². The number of hydrogen-bond donors (Lipinski definition) is 1. The van der Waals surface area contributed by atoms with E-state index in [2.05, 4.69) is 15.0 Å². The molecule has 0 unspecified atom stereocenters. The van der Waals surface area contributed by atoms with Crippen LogP contribution in [0.2, 0.25) is 0 Å². The van der Waals surface area contributed by atoms with Gasteiger partial charge >= 0.3 is 0 Å². The molecule has 2 N–H and O–H groups in total. The molecule has 3 aromatic rings. The topological polar surface area (TPSA) is 67.9 Å². The van der Waals surface area contributed by atoms with Gasteiger partial charge in [0.05, 0.1) is 15.9 Å². The van der Waals surface area contributed by atoms with Gasteiger partial charge in [0, 0.05) is 19.3 Å². The number of fused-ring (bicyclic) bond motifs is 1. The van der Waals surface area contributed by atoms with Crippen molar-refractivity contribution in [2.75, 3.05) is 17.7 Å². The molecule has 6 heteroatoms. The molecule has 0 saturated heterocycles. The maximum absolute atomic E-state index is 5.66. The lowest BCUT2D eigenvalue weighted by molar-refractivity contribution is 1.12. The van der Waals surface area contributed by atoms with E-state index in [1.807, 2.05) is 29.5 Å². The van der Waals surface area contributed by atoms with E-state index in [9.17, 15) is 0 Å². The van der Waals surface area contributed by atoms with Crippen molar-refractivity contribution in [3.8, 4) is 0 Å². The third-order valence-electron chi connectivity index (χ3n) is 2.68. The molecule has 90 valence electrons. The Morgan fingerprint density at radius 2 is 2.17 bits per heavy atom. The zero-order valence-electron chi connectivity index (χ0n) is 9.74. The van der Waals surface area contributed by atoms with Crippen LogP contribution in [0.4, 0.5) is 16.6 Å². The van der Waals surface area contributed by atoms with E-state index in [-0.39, 0.29) is 0 Å². The Bertz CT molecular complexity index is 680. The average Bonchev–Trinajstić information content (AvgIpc) is 2.90. The molecule has 5 nitrogen and oxygen atoms in total. The standard InChI is InChI=1S/C12H11N5S/c1-17(11-3-2-4-18-11)12-8-6-14-10(13)5-9(8)15-7-16-12/h2-7H,1H3,(H2,13,14). The number of hydrogen-bond acceptors (Lipinski definition) is 6. The molecule has 0 aliphatic carbocycles. The van der Waals surface area contributed by atoms with E-state index in [1.54, 1.807) is 29.9 Å². The lowest BCUT2D eigenvalue weighted by Gasteiger charge is -2.17. The highest BCUT2D eigenvalue weighted by Gasteiger charge is 2.11. The molecule has 0 saturated carbocycles. The van der Waals surface area contributed by atoms with Gasteiger partial charge in [-0.15, -0.1) is 11.3 Å². The van der Waals surface area contributed by atoms with Gasteiger partial charge in [-0.3, -0.25) is 0 Å². The van der Waals surface area contributed by atoms with Gasteiger partial charge in [0.25, 0.3) is 0 Å². The first kappa shape index (κ1) is 10.9. The minimum atomic E-state index is 0.464. The molecule has 0 bridgehead atoms. The molecule has 3 heterocycles. The van der Waals surface area contributed by atoms with Crippen molar-refractivity contribution in [3.63, 3.8) is 0 Å². The van der Waals surface area contributed by atoms with Crippen LogP contribution in [0.5, 0.6) is 0 Å². The lowest BCUT2D eigenvalue weighted by atomic mass is 10.3. The first-order chi connectivity index (χ1) is 8.75. The number of rotatable bonds is 2. The summed E-state index contributed by atoms with van der Waals surface area (Å²) in [7, 11) is 1.98. The largest absolute Gasteiger partial charge is 0.384 e. The van der Waals surface area contributed by atoms with Gasteiger partial charge in [-0.25, -0.2) is 15.0 Å². The fraction of sp³-hybridized carbons (Fsp3) is 0.0833. The highest BCUT2D eigenvalue weighted by atomic mass is 32.1. The Morgan fingerprint density at radius 3 is 2.94 bits per heavy atom. The Hall–Kier alpha value is -2.21. The van der Waals surface area contributed by atoms with Crippen molar-refractivity contribution in [3.05, 3.63) is 36.1 Å². The molecule has 0 fully saturated rings. The van der Waals surface area contributed by atoms with E-state index in [4.69, 9.17) is 5.73 Å². The molecular formula is C12H11N5S. The van der Waals surface area contributed by atoms with Crippen LogP contribution in [-0.4, -0.2) is 22.0 Å². The summed E-state index contributed by atoms with van der Waals surface area (Å²) < 4.78 is 0. The summed E-state index contributed by atoms with van der Waals surface area (Å²) in [6.07, 6.45) is 3.26. The normalized spacial score (nSPS) is 10.7. The van der Waals surface area contributed by atoms with Crippen LogP contribution in [-0.2, 0) is 0 Å². The third kappa shape index (κ3) is 1.76.